The Bertz CT molecular complexity index is 679. The maximum atomic E-state index is 12.0. The van der Waals surface area contributed by atoms with E-state index in [0.717, 1.165) is 36.7 Å². The lowest BCUT2D eigenvalue weighted by atomic mass is 9.74. The molecule has 1 aliphatic heterocycles. The van der Waals surface area contributed by atoms with Crippen molar-refractivity contribution in [3.63, 3.8) is 0 Å². The number of guanidine groups is 1. The van der Waals surface area contributed by atoms with Gasteiger partial charge in [0, 0.05) is 46.3 Å². The maximum absolute atomic E-state index is 12.0. The number of benzene rings is 1. The van der Waals surface area contributed by atoms with Crippen LogP contribution in [0.3, 0.4) is 0 Å². The van der Waals surface area contributed by atoms with Crippen molar-refractivity contribution >= 4 is 35.8 Å². The van der Waals surface area contributed by atoms with E-state index in [4.69, 9.17) is 0 Å². The first-order chi connectivity index (χ1) is 13.5. The summed E-state index contributed by atoms with van der Waals surface area (Å²) < 4.78 is 0. The van der Waals surface area contributed by atoms with E-state index in [1.165, 1.54) is 51.4 Å². The number of carbonyl (C=O) groups excluding carboxylic acids is 1. The standard InChI is InChI=1S/C23H36N4O.HI/c1-24-22(25-17-19-9-11-20(12-10-19)21(28)26(2)3)27-16-8-15-23(18-27)13-6-4-5-7-14-23;/h9-12H,4-8,13-18H2,1-3H3,(H,24,25);1H. The van der Waals surface area contributed by atoms with Gasteiger partial charge in [0.25, 0.3) is 5.91 Å². The van der Waals surface area contributed by atoms with E-state index >= 15 is 0 Å². The second kappa shape index (κ2) is 11.2. The van der Waals surface area contributed by atoms with Crippen LogP contribution in [0.25, 0.3) is 0 Å². The smallest absolute Gasteiger partial charge is 0.253 e. The highest BCUT2D eigenvalue weighted by atomic mass is 127. The van der Waals surface area contributed by atoms with Gasteiger partial charge >= 0.3 is 0 Å². The molecule has 1 saturated carbocycles. The summed E-state index contributed by atoms with van der Waals surface area (Å²) in [6.07, 6.45) is 11.0. The fourth-order valence-electron chi connectivity index (χ4n) is 4.81. The number of hydrogen-bond acceptors (Lipinski definition) is 2. The predicted octanol–water partition coefficient (Wildman–Crippen LogP) is 4.52. The zero-order chi connectivity index (χ0) is 20.0. The second-order valence-electron chi connectivity index (χ2n) is 8.74. The number of hydrogen-bond donors (Lipinski definition) is 1. The molecule has 1 aromatic carbocycles. The van der Waals surface area contributed by atoms with Crippen LogP contribution in [-0.2, 0) is 6.54 Å². The van der Waals surface area contributed by atoms with Crippen LogP contribution in [0, 0.1) is 5.41 Å². The van der Waals surface area contributed by atoms with E-state index in [-0.39, 0.29) is 29.9 Å². The van der Waals surface area contributed by atoms with Gasteiger partial charge in [-0.15, -0.1) is 24.0 Å². The molecule has 1 heterocycles. The van der Waals surface area contributed by atoms with Gasteiger partial charge in [0.15, 0.2) is 5.96 Å². The highest BCUT2D eigenvalue weighted by Gasteiger charge is 2.36. The lowest BCUT2D eigenvalue weighted by Crippen LogP contribution is -2.50. The molecule has 2 aliphatic rings. The molecule has 0 unspecified atom stereocenters. The van der Waals surface area contributed by atoms with Gasteiger partial charge in [-0.2, -0.15) is 0 Å². The maximum Gasteiger partial charge on any atom is 0.253 e. The topological polar surface area (TPSA) is 47.9 Å². The number of amides is 1. The molecule has 1 spiro atoms. The second-order valence-corrected chi connectivity index (χ2v) is 8.74. The Morgan fingerprint density at radius 1 is 1.07 bits per heavy atom. The molecule has 1 saturated heterocycles. The molecule has 3 rings (SSSR count). The summed E-state index contributed by atoms with van der Waals surface area (Å²) in [6, 6.07) is 7.87. The number of piperidine rings is 1. The normalized spacial score (nSPS) is 19.3. The van der Waals surface area contributed by atoms with Crippen LogP contribution < -0.4 is 5.32 Å². The van der Waals surface area contributed by atoms with Gasteiger partial charge < -0.3 is 15.1 Å². The van der Waals surface area contributed by atoms with Gasteiger partial charge in [-0.1, -0.05) is 37.8 Å². The summed E-state index contributed by atoms with van der Waals surface area (Å²) in [5.74, 6) is 1.05. The first-order valence-corrected chi connectivity index (χ1v) is 10.8. The highest BCUT2D eigenvalue weighted by molar-refractivity contribution is 14.0. The molecular formula is C23H37IN4O. The molecule has 1 aliphatic carbocycles. The quantitative estimate of drug-likeness (QED) is 0.368. The lowest BCUT2D eigenvalue weighted by molar-refractivity contribution is 0.0827. The first-order valence-electron chi connectivity index (χ1n) is 10.8. The van der Waals surface area contributed by atoms with E-state index in [1.807, 2.05) is 31.3 Å². The minimum Gasteiger partial charge on any atom is -0.352 e. The molecule has 0 atom stereocenters. The van der Waals surface area contributed by atoms with Crippen LogP contribution in [0.1, 0.15) is 67.3 Å². The van der Waals surface area contributed by atoms with Gasteiger partial charge in [-0.05, 0) is 48.8 Å². The van der Waals surface area contributed by atoms with Crippen molar-refractivity contribution in [3.05, 3.63) is 35.4 Å². The molecule has 0 radical (unpaired) electrons. The molecule has 0 bridgehead atoms. The Morgan fingerprint density at radius 2 is 1.69 bits per heavy atom. The SMILES string of the molecule is CN=C(NCc1ccc(C(=O)N(C)C)cc1)N1CCCC2(CCCCCC2)C1.I. The van der Waals surface area contributed by atoms with E-state index in [1.54, 1.807) is 19.0 Å². The molecule has 5 nitrogen and oxygen atoms in total. The number of nitrogens with zero attached hydrogens (tertiary/aromatic N) is 3. The van der Waals surface area contributed by atoms with Crippen molar-refractivity contribution in [2.24, 2.45) is 10.4 Å². The van der Waals surface area contributed by atoms with Gasteiger partial charge in [-0.3, -0.25) is 9.79 Å². The zero-order valence-corrected chi connectivity index (χ0v) is 20.6. The number of likely N-dealkylation sites (tertiary alicyclic amines) is 1. The average molecular weight is 512 g/mol. The van der Waals surface area contributed by atoms with E-state index < -0.39 is 0 Å². The molecule has 1 amide bonds. The third-order valence-electron chi connectivity index (χ3n) is 6.39. The van der Waals surface area contributed by atoms with Crippen molar-refractivity contribution in [3.8, 4) is 0 Å². The van der Waals surface area contributed by atoms with Gasteiger partial charge in [-0.25, -0.2) is 0 Å². The third kappa shape index (κ3) is 6.33. The Balaban J connectivity index is 0.00000300. The van der Waals surface area contributed by atoms with Crippen molar-refractivity contribution < 1.29 is 4.79 Å². The summed E-state index contributed by atoms with van der Waals surface area (Å²) in [4.78, 5) is 20.7. The number of nitrogens with one attached hydrogen (secondary N) is 1. The fourth-order valence-corrected chi connectivity index (χ4v) is 4.81. The number of rotatable bonds is 3. The molecule has 1 aromatic rings. The van der Waals surface area contributed by atoms with Crippen LogP contribution in [0.4, 0.5) is 0 Å². The van der Waals surface area contributed by atoms with Crippen LogP contribution in [0.15, 0.2) is 29.3 Å². The first kappa shape index (κ1) is 24.0. The van der Waals surface area contributed by atoms with Gasteiger partial charge in [0.1, 0.15) is 0 Å². The van der Waals surface area contributed by atoms with Crippen molar-refractivity contribution in [1.82, 2.24) is 15.1 Å². The third-order valence-corrected chi connectivity index (χ3v) is 6.39. The summed E-state index contributed by atoms with van der Waals surface area (Å²) in [5, 5.41) is 3.55. The average Bonchev–Trinajstić information content (AvgIpc) is 2.93. The molecular weight excluding hydrogens is 475 g/mol. The fraction of sp³-hybridized carbons (Fsp3) is 0.652. The molecule has 2 fully saturated rings. The summed E-state index contributed by atoms with van der Waals surface area (Å²) >= 11 is 0. The van der Waals surface area contributed by atoms with Crippen LogP contribution in [0.2, 0.25) is 0 Å². The van der Waals surface area contributed by atoms with Crippen molar-refractivity contribution in [2.45, 2.75) is 57.9 Å². The highest BCUT2D eigenvalue weighted by Crippen LogP contribution is 2.42. The Hall–Kier alpha value is -1.31. The molecule has 29 heavy (non-hydrogen) atoms. The number of aliphatic imine (C=N–C) groups is 1. The molecule has 0 aromatic heterocycles. The summed E-state index contributed by atoms with van der Waals surface area (Å²) in [7, 11) is 5.44. The minimum atomic E-state index is 0. The van der Waals surface area contributed by atoms with Crippen LogP contribution >= 0.6 is 24.0 Å². The van der Waals surface area contributed by atoms with Crippen molar-refractivity contribution in [2.75, 3.05) is 34.2 Å². The van der Waals surface area contributed by atoms with E-state index in [2.05, 4.69) is 15.2 Å². The monoisotopic (exact) mass is 512 g/mol. The molecule has 6 heteroatoms. The van der Waals surface area contributed by atoms with Gasteiger partial charge in [0.2, 0.25) is 0 Å². The molecule has 1 N–H and O–H groups in total. The van der Waals surface area contributed by atoms with E-state index in [0.29, 0.717) is 5.41 Å². The summed E-state index contributed by atoms with van der Waals surface area (Å²) in [5.41, 5.74) is 2.39. The Morgan fingerprint density at radius 3 is 2.28 bits per heavy atom. The zero-order valence-electron chi connectivity index (χ0n) is 18.2. The number of halogens is 1. The van der Waals surface area contributed by atoms with Crippen LogP contribution in [-0.4, -0.2) is 55.9 Å². The van der Waals surface area contributed by atoms with Gasteiger partial charge in [0.05, 0.1) is 0 Å². The minimum absolute atomic E-state index is 0. The van der Waals surface area contributed by atoms with Crippen LogP contribution in [0.5, 0.6) is 0 Å². The predicted molar refractivity (Wildman–Crippen MR) is 131 cm³/mol. The molecule has 162 valence electrons. The van der Waals surface area contributed by atoms with E-state index in [9.17, 15) is 4.79 Å². The largest absolute Gasteiger partial charge is 0.352 e. The Labute approximate surface area is 193 Å². The van der Waals surface area contributed by atoms with Crippen molar-refractivity contribution in [1.29, 1.82) is 0 Å². The number of carbonyl (C=O) groups is 1. The summed E-state index contributed by atoms with van der Waals surface area (Å²) in [6.45, 7) is 2.97. The Kier molecular flexibility index (Phi) is 9.24. The lowest BCUT2D eigenvalue weighted by Gasteiger charge is -2.44.